The van der Waals surface area contributed by atoms with Crippen LogP contribution in [0.25, 0.3) is 0 Å². The Balaban J connectivity index is 1.84. The summed E-state index contributed by atoms with van der Waals surface area (Å²) in [7, 11) is 0. The predicted octanol–water partition coefficient (Wildman–Crippen LogP) is 1.03. The summed E-state index contributed by atoms with van der Waals surface area (Å²) in [4.78, 5) is 2.07. The average molecular weight is 253 g/mol. The Morgan fingerprint density at radius 1 is 1.39 bits per heavy atom. The van der Waals surface area contributed by atoms with Crippen molar-refractivity contribution in [3.8, 4) is 5.75 Å². The highest BCUT2D eigenvalue weighted by Gasteiger charge is 2.40. The third-order valence-corrected chi connectivity index (χ3v) is 3.56. The zero-order valence-corrected chi connectivity index (χ0v) is 10.1. The van der Waals surface area contributed by atoms with E-state index in [9.17, 15) is 9.50 Å². The molecule has 2 aliphatic rings. The highest BCUT2D eigenvalue weighted by atomic mass is 19.1. The molecule has 1 saturated heterocycles. The molecule has 1 aromatic rings. The zero-order chi connectivity index (χ0) is 12.6. The molecule has 1 aromatic carbocycles. The van der Waals surface area contributed by atoms with Crippen LogP contribution in [0.5, 0.6) is 5.75 Å². The van der Waals surface area contributed by atoms with E-state index >= 15 is 0 Å². The molecule has 2 aliphatic heterocycles. The molecular weight excluding hydrogens is 237 g/mol. The molecule has 98 valence electrons. The fourth-order valence-electron chi connectivity index (χ4n) is 2.44. The molecule has 0 saturated carbocycles. The monoisotopic (exact) mass is 253 g/mol. The van der Waals surface area contributed by atoms with Gasteiger partial charge in [0.1, 0.15) is 18.2 Å². The van der Waals surface area contributed by atoms with Crippen molar-refractivity contribution in [1.82, 2.24) is 0 Å². The Hall–Kier alpha value is -1.33. The smallest absolute Gasteiger partial charge is 0.142 e. The quantitative estimate of drug-likeness (QED) is 0.873. The van der Waals surface area contributed by atoms with Gasteiger partial charge >= 0.3 is 0 Å². The Labute approximate surface area is 105 Å². The molecule has 0 amide bonds. The molecule has 3 rings (SSSR count). The summed E-state index contributed by atoms with van der Waals surface area (Å²) in [5, 5.41) is 9.46. The summed E-state index contributed by atoms with van der Waals surface area (Å²) in [5.41, 5.74) is 0.557. The molecule has 0 aromatic heterocycles. The van der Waals surface area contributed by atoms with Crippen LogP contribution in [-0.2, 0) is 4.74 Å². The molecule has 0 atom stereocenters. The van der Waals surface area contributed by atoms with E-state index < -0.39 is 0 Å². The number of benzene rings is 1. The minimum atomic E-state index is -0.271. The maximum Gasteiger partial charge on any atom is 0.142 e. The van der Waals surface area contributed by atoms with Crippen molar-refractivity contribution < 1.29 is 19.0 Å². The van der Waals surface area contributed by atoms with E-state index in [0.29, 0.717) is 38.7 Å². The van der Waals surface area contributed by atoms with Gasteiger partial charge in [0.05, 0.1) is 37.5 Å². The fraction of sp³-hybridized carbons (Fsp3) is 0.538. The van der Waals surface area contributed by atoms with Crippen LogP contribution in [0.15, 0.2) is 18.2 Å². The van der Waals surface area contributed by atoms with Gasteiger partial charge in [-0.1, -0.05) is 0 Å². The van der Waals surface area contributed by atoms with Gasteiger partial charge in [-0.15, -0.1) is 0 Å². The van der Waals surface area contributed by atoms with Gasteiger partial charge in [0.2, 0.25) is 0 Å². The SMILES string of the molecule is OCC1(CN2CCOc3ccc(F)cc32)COC1. The number of rotatable bonds is 3. The first-order valence-electron chi connectivity index (χ1n) is 6.08. The Morgan fingerprint density at radius 3 is 2.89 bits per heavy atom. The van der Waals surface area contributed by atoms with Crippen LogP contribution in [0.1, 0.15) is 0 Å². The number of aliphatic hydroxyl groups excluding tert-OH is 1. The second-order valence-corrected chi connectivity index (χ2v) is 5.03. The standard InChI is InChI=1S/C13H16FNO3/c14-10-1-2-12-11(5-10)15(3-4-18-12)6-13(7-16)8-17-9-13/h1-2,5,16H,3-4,6-9H2. The van der Waals surface area contributed by atoms with Gasteiger partial charge in [0.15, 0.2) is 0 Å². The van der Waals surface area contributed by atoms with Crippen LogP contribution in [0, 0.1) is 11.2 Å². The van der Waals surface area contributed by atoms with Crippen LogP contribution in [-0.4, -0.2) is 44.6 Å². The van der Waals surface area contributed by atoms with Gasteiger partial charge in [0.25, 0.3) is 0 Å². The van der Waals surface area contributed by atoms with E-state index in [1.54, 1.807) is 6.07 Å². The van der Waals surface area contributed by atoms with Gasteiger partial charge in [-0.2, -0.15) is 0 Å². The van der Waals surface area contributed by atoms with Gasteiger partial charge in [-0.05, 0) is 12.1 Å². The summed E-state index contributed by atoms with van der Waals surface area (Å²) in [6, 6.07) is 4.54. The fourth-order valence-corrected chi connectivity index (χ4v) is 2.44. The van der Waals surface area contributed by atoms with Gasteiger partial charge in [0, 0.05) is 12.6 Å². The maximum absolute atomic E-state index is 13.3. The summed E-state index contributed by atoms with van der Waals surface area (Å²) in [6.07, 6.45) is 0. The van der Waals surface area contributed by atoms with E-state index in [0.717, 1.165) is 5.69 Å². The van der Waals surface area contributed by atoms with Crippen LogP contribution in [0.2, 0.25) is 0 Å². The lowest BCUT2D eigenvalue weighted by Crippen LogP contribution is -2.54. The number of anilines is 1. The largest absolute Gasteiger partial charge is 0.490 e. The number of aliphatic hydroxyl groups is 1. The topological polar surface area (TPSA) is 41.9 Å². The molecule has 2 heterocycles. The van der Waals surface area contributed by atoms with E-state index in [4.69, 9.17) is 9.47 Å². The second kappa shape index (κ2) is 4.40. The first-order chi connectivity index (χ1) is 8.72. The highest BCUT2D eigenvalue weighted by Crippen LogP contribution is 2.36. The molecule has 0 aliphatic carbocycles. The number of fused-ring (bicyclic) bond motifs is 1. The molecule has 5 heteroatoms. The number of hydrogen-bond donors (Lipinski definition) is 1. The molecule has 0 spiro atoms. The molecule has 0 bridgehead atoms. The highest BCUT2D eigenvalue weighted by molar-refractivity contribution is 5.60. The third kappa shape index (κ3) is 1.93. The molecule has 4 nitrogen and oxygen atoms in total. The average Bonchev–Trinajstić information content (AvgIpc) is 2.34. The Kier molecular flexibility index (Phi) is 2.87. The lowest BCUT2D eigenvalue weighted by molar-refractivity contribution is -0.131. The second-order valence-electron chi connectivity index (χ2n) is 5.03. The number of halogens is 1. The van der Waals surface area contributed by atoms with Crippen molar-refractivity contribution in [2.24, 2.45) is 5.41 Å². The molecular formula is C13H16FNO3. The van der Waals surface area contributed by atoms with Crippen LogP contribution in [0.4, 0.5) is 10.1 Å². The van der Waals surface area contributed by atoms with E-state index in [-0.39, 0.29) is 17.8 Å². The van der Waals surface area contributed by atoms with Crippen LogP contribution >= 0.6 is 0 Å². The summed E-state index contributed by atoms with van der Waals surface area (Å²) >= 11 is 0. The first kappa shape index (κ1) is 11.7. The van der Waals surface area contributed by atoms with Crippen molar-refractivity contribution >= 4 is 5.69 Å². The molecule has 0 radical (unpaired) electrons. The lowest BCUT2D eigenvalue weighted by atomic mass is 9.86. The van der Waals surface area contributed by atoms with Crippen molar-refractivity contribution in [3.63, 3.8) is 0 Å². The Morgan fingerprint density at radius 2 is 2.22 bits per heavy atom. The van der Waals surface area contributed by atoms with E-state index in [1.807, 2.05) is 0 Å². The van der Waals surface area contributed by atoms with Crippen molar-refractivity contribution in [1.29, 1.82) is 0 Å². The minimum absolute atomic E-state index is 0.0923. The van der Waals surface area contributed by atoms with Gasteiger partial charge < -0.3 is 19.5 Å². The molecule has 18 heavy (non-hydrogen) atoms. The molecule has 0 unspecified atom stereocenters. The van der Waals surface area contributed by atoms with E-state index in [2.05, 4.69) is 4.90 Å². The van der Waals surface area contributed by atoms with Crippen molar-refractivity contribution in [3.05, 3.63) is 24.0 Å². The minimum Gasteiger partial charge on any atom is -0.490 e. The molecule has 1 N–H and O–H groups in total. The number of ether oxygens (including phenoxy) is 2. The zero-order valence-electron chi connectivity index (χ0n) is 10.1. The third-order valence-electron chi connectivity index (χ3n) is 3.56. The summed E-state index contributed by atoms with van der Waals surface area (Å²) in [5.74, 6) is 0.433. The van der Waals surface area contributed by atoms with Crippen molar-refractivity contribution in [2.45, 2.75) is 0 Å². The maximum atomic E-state index is 13.3. The number of hydrogen-bond acceptors (Lipinski definition) is 4. The van der Waals surface area contributed by atoms with Crippen molar-refractivity contribution in [2.75, 3.05) is 44.4 Å². The van der Waals surface area contributed by atoms with Crippen LogP contribution < -0.4 is 9.64 Å². The predicted molar refractivity (Wildman–Crippen MR) is 64.4 cm³/mol. The normalized spacial score (nSPS) is 20.9. The van der Waals surface area contributed by atoms with Gasteiger partial charge in [-0.25, -0.2) is 4.39 Å². The van der Waals surface area contributed by atoms with E-state index in [1.165, 1.54) is 12.1 Å². The number of nitrogens with zero attached hydrogens (tertiary/aromatic N) is 1. The van der Waals surface area contributed by atoms with Gasteiger partial charge in [-0.3, -0.25) is 0 Å². The molecule has 1 fully saturated rings. The lowest BCUT2D eigenvalue weighted by Gasteiger charge is -2.45. The van der Waals surface area contributed by atoms with Crippen LogP contribution in [0.3, 0.4) is 0 Å². The first-order valence-corrected chi connectivity index (χ1v) is 6.08. The summed E-state index contributed by atoms with van der Waals surface area (Å²) in [6.45, 7) is 3.18. The summed E-state index contributed by atoms with van der Waals surface area (Å²) < 4.78 is 24.0. The Bertz CT molecular complexity index is 442.